The number of fused-ring (bicyclic) bond motifs is 3. The Kier molecular flexibility index (Phi) is 3.06. The number of carbonyl (C=O) groups excluding carboxylic acids is 1. The Labute approximate surface area is 132 Å². The smallest absolute Gasteiger partial charge is 0.323 e. The predicted octanol–water partition coefficient (Wildman–Crippen LogP) is 3.51. The average molecular weight is 351 g/mol. The maximum atomic E-state index is 12.6. The molecule has 0 N–H and O–H groups in total. The van der Waals surface area contributed by atoms with Crippen LogP contribution in [0.2, 0.25) is 0 Å². The normalized spacial score (nSPS) is 15.8. The highest BCUT2D eigenvalue weighted by molar-refractivity contribution is 9.10. The molecule has 0 saturated heterocycles. The summed E-state index contributed by atoms with van der Waals surface area (Å²) in [5.74, 6) is 0. The summed E-state index contributed by atoms with van der Waals surface area (Å²) in [5.41, 5.74) is 2.76. The van der Waals surface area contributed by atoms with Crippen molar-refractivity contribution in [3.05, 3.63) is 22.4 Å². The number of aryl methyl sites for hydroxylation is 1. The number of nitrogens with zero attached hydrogens (tertiary/aromatic N) is 4. The Morgan fingerprint density at radius 2 is 1.95 bits per heavy atom. The van der Waals surface area contributed by atoms with E-state index in [4.69, 9.17) is 0 Å². The molecule has 112 valence electrons. The standard InChI is InChI=1S/C15H19BrN4O/c1-15(2,3)20-8-10-9-6-12(16)19(5)13(9)17-7-11(10)18(4)14(20)21/h6-7H,8H2,1-5H3. The minimum Gasteiger partial charge on any atom is -0.323 e. The van der Waals surface area contributed by atoms with E-state index in [1.807, 2.05) is 23.6 Å². The van der Waals surface area contributed by atoms with Gasteiger partial charge in [0.15, 0.2) is 0 Å². The Bertz CT molecular complexity index is 744. The van der Waals surface area contributed by atoms with Crippen molar-refractivity contribution >= 4 is 38.7 Å². The molecule has 1 aliphatic rings. The number of urea groups is 1. The van der Waals surface area contributed by atoms with E-state index in [2.05, 4.69) is 47.8 Å². The SMILES string of the molecule is CN1C(=O)N(C(C)(C)C)Cc2c1cnc1c2cc(Br)n1C. The molecule has 0 fully saturated rings. The van der Waals surface area contributed by atoms with E-state index in [-0.39, 0.29) is 11.6 Å². The second kappa shape index (κ2) is 4.47. The van der Waals surface area contributed by atoms with Gasteiger partial charge >= 0.3 is 6.03 Å². The summed E-state index contributed by atoms with van der Waals surface area (Å²) < 4.78 is 2.99. The quantitative estimate of drug-likeness (QED) is 0.729. The second-order valence-corrected chi connectivity index (χ2v) is 7.30. The molecule has 0 bridgehead atoms. The average Bonchev–Trinajstić information content (AvgIpc) is 2.68. The van der Waals surface area contributed by atoms with Gasteiger partial charge in [-0.25, -0.2) is 9.78 Å². The van der Waals surface area contributed by atoms with E-state index in [1.54, 1.807) is 11.1 Å². The van der Waals surface area contributed by atoms with Crippen LogP contribution >= 0.6 is 15.9 Å². The fourth-order valence-corrected chi connectivity index (χ4v) is 3.16. The minimum absolute atomic E-state index is 0.0196. The lowest BCUT2D eigenvalue weighted by Gasteiger charge is -2.42. The van der Waals surface area contributed by atoms with Crippen molar-refractivity contribution in [2.75, 3.05) is 11.9 Å². The first-order chi connectivity index (χ1) is 9.71. The van der Waals surface area contributed by atoms with Gasteiger partial charge in [-0.2, -0.15) is 0 Å². The van der Waals surface area contributed by atoms with E-state index < -0.39 is 0 Å². The van der Waals surface area contributed by atoms with Gasteiger partial charge in [-0.05, 0) is 42.8 Å². The van der Waals surface area contributed by atoms with Crippen molar-refractivity contribution in [1.29, 1.82) is 0 Å². The maximum Gasteiger partial charge on any atom is 0.325 e. The number of halogens is 1. The van der Waals surface area contributed by atoms with Crippen LogP contribution in [0.4, 0.5) is 10.5 Å². The van der Waals surface area contributed by atoms with Crippen molar-refractivity contribution in [3.8, 4) is 0 Å². The molecule has 2 aromatic heterocycles. The van der Waals surface area contributed by atoms with Crippen molar-refractivity contribution < 1.29 is 4.79 Å². The maximum absolute atomic E-state index is 12.6. The molecule has 3 rings (SSSR count). The fourth-order valence-electron chi connectivity index (χ4n) is 2.77. The van der Waals surface area contributed by atoms with Crippen LogP contribution < -0.4 is 4.90 Å². The van der Waals surface area contributed by atoms with E-state index in [1.165, 1.54) is 0 Å². The van der Waals surface area contributed by atoms with Crippen LogP contribution in [0.1, 0.15) is 26.3 Å². The third kappa shape index (κ3) is 2.04. The zero-order valence-electron chi connectivity index (χ0n) is 12.9. The van der Waals surface area contributed by atoms with Crippen molar-refractivity contribution in [2.24, 2.45) is 7.05 Å². The van der Waals surface area contributed by atoms with Gasteiger partial charge in [0.1, 0.15) is 5.65 Å². The number of hydrogen-bond acceptors (Lipinski definition) is 2. The molecule has 0 unspecified atom stereocenters. The summed E-state index contributed by atoms with van der Waals surface area (Å²) in [6.45, 7) is 6.78. The van der Waals surface area contributed by atoms with Crippen LogP contribution in [-0.2, 0) is 13.6 Å². The topological polar surface area (TPSA) is 41.4 Å². The molecule has 0 spiro atoms. The van der Waals surface area contributed by atoms with Gasteiger partial charge in [-0.1, -0.05) is 0 Å². The lowest BCUT2D eigenvalue weighted by molar-refractivity contribution is 0.143. The van der Waals surface area contributed by atoms with E-state index >= 15 is 0 Å². The van der Waals surface area contributed by atoms with Crippen molar-refractivity contribution in [3.63, 3.8) is 0 Å². The highest BCUT2D eigenvalue weighted by Gasteiger charge is 2.36. The van der Waals surface area contributed by atoms with Crippen LogP contribution in [0.25, 0.3) is 11.0 Å². The largest absolute Gasteiger partial charge is 0.325 e. The highest BCUT2D eigenvalue weighted by Crippen LogP contribution is 2.36. The van der Waals surface area contributed by atoms with Gasteiger partial charge in [0.25, 0.3) is 0 Å². The summed E-state index contributed by atoms with van der Waals surface area (Å²) >= 11 is 3.55. The molecule has 0 aliphatic carbocycles. The molecule has 0 saturated carbocycles. The second-order valence-electron chi connectivity index (χ2n) is 6.48. The Hall–Kier alpha value is -1.56. The van der Waals surface area contributed by atoms with Gasteiger partial charge < -0.3 is 9.47 Å². The van der Waals surface area contributed by atoms with Crippen LogP contribution in [0.5, 0.6) is 0 Å². The Morgan fingerprint density at radius 1 is 1.29 bits per heavy atom. The van der Waals surface area contributed by atoms with Gasteiger partial charge in [0, 0.05) is 30.6 Å². The molecule has 1 aliphatic heterocycles. The molecule has 2 amide bonds. The molecule has 3 heterocycles. The number of amides is 2. The third-order valence-electron chi connectivity index (χ3n) is 4.09. The van der Waals surface area contributed by atoms with Crippen LogP contribution in [0, 0.1) is 0 Å². The van der Waals surface area contributed by atoms with Crippen LogP contribution in [0.15, 0.2) is 16.9 Å². The van der Waals surface area contributed by atoms with Crippen molar-refractivity contribution in [2.45, 2.75) is 32.9 Å². The lowest BCUT2D eigenvalue weighted by Crippen LogP contribution is -2.53. The number of carbonyl (C=O) groups is 1. The first-order valence-electron chi connectivity index (χ1n) is 6.90. The first-order valence-corrected chi connectivity index (χ1v) is 7.69. The van der Waals surface area contributed by atoms with E-state index in [9.17, 15) is 4.79 Å². The summed E-state index contributed by atoms with van der Waals surface area (Å²) in [4.78, 5) is 20.7. The molecule has 21 heavy (non-hydrogen) atoms. The predicted molar refractivity (Wildman–Crippen MR) is 87.5 cm³/mol. The van der Waals surface area contributed by atoms with Crippen molar-refractivity contribution in [1.82, 2.24) is 14.5 Å². The van der Waals surface area contributed by atoms with Gasteiger partial charge in [0.05, 0.1) is 23.0 Å². The number of hydrogen-bond donors (Lipinski definition) is 0. The zero-order chi connectivity index (χ0) is 15.5. The molecule has 0 radical (unpaired) electrons. The zero-order valence-corrected chi connectivity index (χ0v) is 14.5. The molecule has 2 aromatic rings. The monoisotopic (exact) mass is 350 g/mol. The molecular formula is C15H19BrN4O. The number of rotatable bonds is 0. The third-order valence-corrected chi connectivity index (χ3v) is 4.85. The summed E-state index contributed by atoms with van der Waals surface area (Å²) in [7, 11) is 3.79. The van der Waals surface area contributed by atoms with Crippen LogP contribution in [-0.4, -0.2) is 33.1 Å². The Morgan fingerprint density at radius 3 is 2.57 bits per heavy atom. The summed E-state index contributed by atoms with van der Waals surface area (Å²) in [6, 6.07) is 2.09. The van der Waals surface area contributed by atoms with E-state index in [0.29, 0.717) is 6.54 Å². The minimum atomic E-state index is -0.218. The van der Waals surface area contributed by atoms with Gasteiger partial charge in [-0.15, -0.1) is 0 Å². The van der Waals surface area contributed by atoms with Crippen LogP contribution in [0.3, 0.4) is 0 Å². The summed E-state index contributed by atoms with van der Waals surface area (Å²) in [5, 5.41) is 1.09. The molecule has 5 nitrogen and oxygen atoms in total. The van der Waals surface area contributed by atoms with E-state index in [0.717, 1.165) is 26.9 Å². The molecule has 0 atom stereocenters. The number of anilines is 1. The number of pyridine rings is 1. The van der Waals surface area contributed by atoms with Gasteiger partial charge in [0.2, 0.25) is 0 Å². The fraction of sp³-hybridized carbons (Fsp3) is 0.467. The molecule has 6 heteroatoms. The Balaban J connectivity index is 2.25. The highest BCUT2D eigenvalue weighted by atomic mass is 79.9. The molecule has 0 aromatic carbocycles. The summed E-state index contributed by atoms with van der Waals surface area (Å²) in [6.07, 6.45) is 1.79. The lowest BCUT2D eigenvalue weighted by atomic mass is 10.0. The number of aromatic nitrogens is 2. The first kappa shape index (κ1) is 14.4. The van der Waals surface area contributed by atoms with Gasteiger partial charge in [-0.3, -0.25) is 4.90 Å². The molecular weight excluding hydrogens is 332 g/mol.